The van der Waals surface area contributed by atoms with Gasteiger partial charge >= 0.3 is 0 Å². The van der Waals surface area contributed by atoms with Gasteiger partial charge in [0.1, 0.15) is 12.1 Å². The number of likely N-dealkylation sites (N-methyl/N-ethyl adjacent to an activating group) is 1. The molecule has 0 radical (unpaired) electrons. The summed E-state index contributed by atoms with van der Waals surface area (Å²) in [6, 6.07) is 4.47. The summed E-state index contributed by atoms with van der Waals surface area (Å²) in [7, 11) is 2.15. The SMILES string of the molecule is CN(C[C@H]1CCCN1c1cccnn1)c1ncnc2c1CCC2. The van der Waals surface area contributed by atoms with Crippen molar-refractivity contribution in [2.24, 2.45) is 0 Å². The molecule has 0 amide bonds. The molecule has 2 aromatic rings. The Morgan fingerprint density at radius 2 is 2.22 bits per heavy atom. The van der Waals surface area contributed by atoms with Crippen LogP contribution in [0.5, 0.6) is 0 Å². The first-order valence-electron chi connectivity index (χ1n) is 8.41. The lowest BCUT2D eigenvalue weighted by molar-refractivity contribution is 0.641. The van der Waals surface area contributed by atoms with Crippen molar-refractivity contribution in [2.45, 2.75) is 38.1 Å². The molecular formula is C17H22N6. The summed E-state index contributed by atoms with van der Waals surface area (Å²) < 4.78 is 0. The predicted octanol–water partition coefficient (Wildman–Crippen LogP) is 1.86. The topological polar surface area (TPSA) is 58.0 Å². The molecule has 1 saturated heterocycles. The second kappa shape index (κ2) is 6.10. The zero-order chi connectivity index (χ0) is 15.6. The van der Waals surface area contributed by atoms with Crippen LogP contribution in [0.2, 0.25) is 0 Å². The molecule has 23 heavy (non-hydrogen) atoms. The van der Waals surface area contributed by atoms with E-state index in [4.69, 9.17) is 0 Å². The smallest absolute Gasteiger partial charge is 0.151 e. The average Bonchev–Trinajstić information content (AvgIpc) is 3.24. The van der Waals surface area contributed by atoms with Crippen molar-refractivity contribution in [3.05, 3.63) is 35.9 Å². The van der Waals surface area contributed by atoms with E-state index in [2.05, 4.69) is 37.0 Å². The van der Waals surface area contributed by atoms with Crippen LogP contribution in [0.4, 0.5) is 11.6 Å². The van der Waals surface area contributed by atoms with Crippen molar-refractivity contribution in [1.29, 1.82) is 0 Å². The zero-order valence-electron chi connectivity index (χ0n) is 13.5. The lowest BCUT2D eigenvalue weighted by Gasteiger charge is -2.30. The fourth-order valence-corrected chi connectivity index (χ4v) is 3.85. The highest BCUT2D eigenvalue weighted by Crippen LogP contribution is 2.29. The van der Waals surface area contributed by atoms with E-state index >= 15 is 0 Å². The quantitative estimate of drug-likeness (QED) is 0.859. The Bertz CT molecular complexity index is 674. The molecule has 0 bridgehead atoms. The van der Waals surface area contributed by atoms with Crippen molar-refractivity contribution >= 4 is 11.6 Å². The van der Waals surface area contributed by atoms with Crippen molar-refractivity contribution in [2.75, 3.05) is 29.9 Å². The second-order valence-electron chi connectivity index (χ2n) is 6.43. The molecule has 0 unspecified atom stereocenters. The summed E-state index contributed by atoms with van der Waals surface area (Å²) in [5.74, 6) is 2.09. The van der Waals surface area contributed by atoms with Crippen LogP contribution in [0.15, 0.2) is 24.7 Å². The number of aryl methyl sites for hydroxylation is 1. The van der Waals surface area contributed by atoms with Gasteiger partial charge in [-0.25, -0.2) is 9.97 Å². The number of nitrogens with zero attached hydrogens (tertiary/aromatic N) is 6. The van der Waals surface area contributed by atoms with Gasteiger partial charge in [-0.1, -0.05) is 0 Å². The fourth-order valence-electron chi connectivity index (χ4n) is 3.85. The van der Waals surface area contributed by atoms with Gasteiger partial charge in [-0.05, 0) is 44.2 Å². The van der Waals surface area contributed by atoms with E-state index < -0.39 is 0 Å². The molecule has 4 rings (SSSR count). The third kappa shape index (κ3) is 2.73. The minimum Gasteiger partial charge on any atom is -0.357 e. The van der Waals surface area contributed by atoms with Crippen molar-refractivity contribution in [1.82, 2.24) is 20.2 Å². The molecular weight excluding hydrogens is 288 g/mol. The molecule has 0 aromatic carbocycles. The Morgan fingerprint density at radius 3 is 3.09 bits per heavy atom. The Hall–Kier alpha value is -2.24. The molecule has 0 N–H and O–H groups in total. The molecule has 3 heterocycles. The van der Waals surface area contributed by atoms with Crippen LogP contribution in [0.1, 0.15) is 30.5 Å². The normalized spacial score (nSPS) is 19.9. The molecule has 2 aromatic heterocycles. The number of fused-ring (bicyclic) bond motifs is 1. The minimum atomic E-state index is 0.462. The maximum Gasteiger partial charge on any atom is 0.151 e. The highest BCUT2D eigenvalue weighted by Gasteiger charge is 2.28. The fraction of sp³-hybridized carbons (Fsp3) is 0.529. The molecule has 1 fully saturated rings. The molecule has 1 aliphatic carbocycles. The largest absolute Gasteiger partial charge is 0.357 e. The number of anilines is 2. The maximum absolute atomic E-state index is 4.56. The first-order chi connectivity index (χ1) is 11.3. The monoisotopic (exact) mass is 310 g/mol. The molecule has 6 heteroatoms. The van der Waals surface area contributed by atoms with Gasteiger partial charge in [0.25, 0.3) is 0 Å². The summed E-state index contributed by atoms with van der Waals surface area (Å²) in [6.07, 6.45) is 9.23. The van der Waals surface area contributed by atoms with E-state index in [-0.39, 0.29) is 0 Å². The van der Waals surface area contributed by atoms with Crippen molar-refractivity contribution in [3.63, 3.8) is 0 Å². The molecule has 6 nitrogen and oxygen atoms in total. The Balaban J connectivity index is 1.52. The van der Waals surface area contributed by atoms with E-state index in [0.29, 0.717) is 6.04 Å². The Labute approximate surface area is 136 Å². The number of aromatic nitrogens is 4. The van der Waals surface area contributed by atoms with Gasteiger partial charge in [-0.15, -0.1) is 5.10 Å². The number of hydrogen-bond donors (Lipinski definition) is 0. The molecule has 2 aliphatic rings. The van der Waals surface area contributed by atoms with Gasteiger partial charge in [-0.3, -0.25) is 0 Å². The van der Waals surface area contributed by atoms with Gasteiger partial charge in [-0.2, -0.15) is 5.10 Å². The zero-order valence-corrected chi connectivity index (χ0v) is 13.5. The van der Waals surface area contributed by atoms with E-state index in [1.807, 2.05) is 12.1 Å². The van der Waals surface area contributed by atoms with Crippen LogP contribution in [0.25, 0.3) is 0 Å². The van der Waals surface area contributed by atoms with E-state index in [1.165, 1.54) is 30.5 Å². The lowest BCUT2D eigenvalue weighted by atomic mass is 10.2. The molecule has 120 valence electrons. The third-order valence-electron chi connectivity index (χ3n) is 4.93. The van der Waals surface area contributed by atoms with Crippen LogP contribution in [0.3, 0.4) is 0 Å². The van der Waals surface area contributed by atoms with Crippen LogP contribution in [0, 0.1) is 0 Å². The highest BCUT2D eigenvalue weighted by atomic mass is 15.3. The molecule has 0 spiro atoms. The average molecular weight is 310 g/mol. The van der Waals surface area contributed by atoms with Gasteiger partial charge < -0.3 is 9.80 Å². The van der Waals surface area contributed by atoms with Gasteiger partial charge in [0.2, 0.25) is 0 Å². The van der Waals surface area contributed by atoms with Crippen molar-refractivity contribution < 1.29 is 0 Å². The summed E-state index contributed by atoms with van der Waals surface area (Å²) in [6.45, 7) is 2.01. The van der Waals surface area contributed by atoms with Crippen molar-refractivity contribution in [3.8, 4) is 0 Å². The Morgan fingerprint density at radius 1 is 1.26 bits per heavy atom. The molecule has 0 saturated carbocycles. The van der Waals surface area contributed by atoms with Gasteiger partial charge in [0.15, 0.2) is 5.82 Å². The highest BCUT2D eigenvalue weighted by molar-refractivity contribution is 5.50. The number of rotatable bonds is 4. The van der Waals surface area contributed by atoms with Gasteiger partial charge in [0.05, 0.1) is 0 Å². The van der Waals surface area contributed by atoms with E-state index in [9.17, 15) is 0 Å². The lowest BCUT2D eigenvalue weighted by Crippen LogP contribution is -2.40. The van der Waals surface area contributed by atoms with Crippen LogP contribution in [-0.2, 0) is 12.8 Å². The summed E-state index contributed by atoms with van der Waals surface area (Å²) >= 11 is 0. The van der Waals surface area contributed by atoms with Crippen LogP contribution in [-0.4, -0.2) is 46.3 Å². The summed E-state index contributed by atoms with van der Waals surface area (Å²) in [4.78, 5) is 13.7. The first-order valence-corrected chi connectivity index (χ1v) is 8.41. The van der Waals surface area contributed by atoms with E-state index in [1.54, 1.807) is 12.5 Å². The second-order valence-corrected chi connectivity index (χ2v) is 6.43. The predicted molar refractivity (Wildman–Crippen MR) is 89.7 cm³/mol. The maximum atomic E-state index is 4.56. The summed E-state index contributed by atoms with van der Waals surface area (Å²) in [5.41, 5.74) is 2.58. The number of hydrogen-bond acceptors (Lipinski definition) is 6. The Kier molecular flexibility index (Phi) is 3.81. The summed E-state index contributed by atoms with van der Waals surface area (Å²) in [5, 5.41) is 8.30. The van der Waals surface area contributed by atoms with Crippen LogP contribution >= 0.6 is 0 Å². The molecule has 1 aliphatic heterocycles. The first kappa shape index (κ1) is 14.4. The minimum absolute atomic E-state index is 0.462. The van der Waals surface area contributed by atoms with Gasteiger partial charge in [0, 0.05) is 43.6 Å². The molecule has 1 atom stereocenters. The third-order valence-corrected chi connectivity index (χ3v) is 4.93. The van der Waals surface area contributed by atoms with E-state index in [0.717, 1.165) is 37.6 Å². The van der Waals surface area contributed by atoms with Crippen LogP contribution < -0.4 is 9.80 Å². The standard InChI is InChI=1S/C17H22N6/c1-22(17-14-6-2-7-15(14)18-12-19-17)11-13-5-4-10-23(13)16-8-3-9-20-21-16/h3,8-9,12-13H,2,4-7,10-11H2,1H3/t13-/m1/s1.